The summed E-state index contributed by atoms with van der Waals surface area (Å²) in [6.45, 7) is 1.77. The number of anilines is 1. The number of aryl methyl sites for hydroxylation is 2. The summed E-state index contributed by atoms with van der Waals surface area (Å²) in [6, 6.07) is 10.8. The van der Waals surface area contributed by atoms with Gasteiger partial charge in [0.25, 0.3) is 0 Å². The summed E-state index contributed by atoms with van der Waals surface area (Å²) in [5.74, 6) is 0.138. The number of phenols is 1. The van der Waals surface area contributed by atoms with Crippen LogP contribution in [0.25, 0.3) is 0 Å². The molecule has 0 aromatic heterocycles. The van der Waals surface area contributed by atoms with Gasteiger partial charge >= 0.3 is 0 Å². The van der Waals surface area contributed by atoms with Crippen LogP contribution in [0, 0.1) is 12.7 Å². The molecule has 1 unspecified atom stereocenters. The third-order valence-corrected chi connectivity index (χ3v) is 3.70. The number of fused-ring (bicyclic) bond motifs is 1. The summed E-state index contributed by atoms with van der Waals surface area (Å²) in [7, 11) is 0. The van der Waals surface area contributed by atoms with E-state index in [0.717, 1.165) is 18.5 Å². The van der Waals surface area contributed by atoms with Crippen molar-refractivity contribution >= 4 is 5.69 Å². The predicted octanol–water partition coefficient (Wildman–Crippen LogP) is 3.94. The van der Waals surface area contributed by atoms with Gasteiger partial charge in [0.15, 0.2) is 0 Å². The molecule has 0 radical (unpaired) electrons. The van der Waals surface area contributed by atoms with Crippen molar-refractivity contribution in [3.05, 3.63) is 58.9 Å². The third-order valence-electron chi connectivity index (χ3n) is 3.70. The summed E-state index contributed by atoms with van der Waals surface area (Å²) in [4.78, 5) is 0. The van der Waals surface area contributed by atoms with Crippen LogP contribution in [-0.2, 0) is 6.42 Å². The normalized spacial score (nSPS) is 17.3. The second-order valence-corrected chi connectivity index (χ2v) is 5.08. The summed E-state index contributed by atoms with van der Waals surface area (Å²) in [6.07, 6.45) is 1.96. The molecule has 2 aromatic carbocycles. The Morgan fingerprint density at radius 1 is 1.21 bits per heavy atom. The van der Waals surface area contributed by atoms with E-state index in [1.807, 2.05) is 18.2 Å². The largest absolute Gasteiger partial charge is 0.508 e. The van der Waals surface area contributed by atoms with E-state index in [1.54, 1.807) is 19.1 Å². The number of aromatic hydroxyl groups is 1. The Bertz CT molecular complexity index is 624. The first kappa shape index (κ1) is 12.0. The van der Waals surface area contributed by atoms with Gasteiger partial charge in [-0.25, -0.2) is 4.39 Å². The van der Waals surface area contributed by atoms with E-state index in [0.29, 0.717) is 11.3 Å². The number of nitrogens with one attached hydrogen (secondary N) is 1. The second kappa shape index (κ2) is 4.57. The third kappa shape index (κ3) is 2.28. The number of benzene rings is 2. The SMILES string of the molecule is Cc1cc(NC2CCc3cc(O)ccc32)ccc1F. The van der Waals surface area contributed by atoms with Crippen LogP contribution >= 0.6 is 0 Å². The van der Waals surface area contributed by atoms with Crippen molar-refractivity contribution in [3.63, 3.8) is 0 Å². The maximum absolute atomic E-state index is 13.2. The summed E-state index contributed by atoms with van der Waals surface area (Å²) < 4.78 is 13.2. The van der Waals surface area contributed by atoms with Crippen molar-refractivity contribution in [2.24, 2.45) is 0 Å². The lowest BCUT2D eigenvalue weighted by atomic mass is 10.1. The molecule has 1 aliphatic carbocycles. The highest BCUT2D eigenvalue weighted by molar-refractivity contribution is 5.51. The van der Waals surface area contributed by atoms with Crippen molar-refractivity contribution in [2.45, 2.75) is 25.8 Å². The Kier molecular flexibility index (Phi) is 2.90. The van der Waals surface area contributed by atoms with Crippen LogP contribution in [0.1, 0.15) is 29.2 Å². The smallest absolute Gasteiger partial charge is 0.126 e. The Balaban J connectivity index is 1.84. The zero-order valence-electron chi connectivity index (χ0n) is 10.8. The lowest BCUT2D eigenvalue weighted by Gasteiger charge is -2.16. The topological polar surface area (TPSA) is 32.3 Å². The minimum atomic E-state index is -0.178. The Morgan fingerprint density at radius 2 is 2.05 bits per heavy atom. The van der Waals surface area contributed by atoms with Gasteiger partial charge in [-0.15, -0.1) is 0 Å². The van der Waals surface area contributed by atoms with Gasteiger partial charge < -0.3 is 10.4 Å². The molecule has 0 aliphatic heterocycles. The highest BCUT2D eigenvalue weighted by Gasteiger charge is 2.22. The average Bonchev–Trinajstić information content (AvgIpc) is 2.76. The van der Waals surface area contributed by atoms with E-state index in [1.165, 1.54) is 17.2 Å². The quantitative estimate of drug-likeness (QED) is 0.854. The Morgan fingerprint density at radius 3 is 2.84 bits per heavy atom. The van der Waals surface area contributed by atoms with Crippen LogP contribution in [0.3, 0.4) is 0 Å². The summed E-state index contributed by atoms with van der Waals surface area (Å²) in [5.41, 5.74) is 4.00. The lowest BCUT2D eigenvalue weighted by Crippen LogP contribution is -2.07. The molecular weight excluding hydrogens is 241 g/mol. The molecular formula is C16H16FNO. The first-order valence-corrected chi connectivity index (χ1v) is 6.48. The van der Waals surface area contributed by atoms with Crippen molar-refractivity contribution in [1.82, 2.24) is 0 Å². The number of hydrogen-bond donors (Lipinski definition) is 2. The predicted molar refractivity (Wildman–Crippen MR) is 73.9 cm³/mol. The molecule has 0 spiro atoms. The van der Waals surface area contributed by atoms with Gasteiger partial charge in [0.2, 0.25) is 0 Å². The molecule has 0 saturated heterocycles. The van der Waals surface area contributed by atoms with Gasteiger partial charge in [0, 0.05) is 5.69 Å². The van der Waals surface area contributed by atoms with Gasteiger partial charge in [-0.2, -0.15) is 0 Å². The molecule has 1 atom stereocenters. The van der Waals surface area contributed by atoms with Crippen molar-refractivity contribution in [1.29, 1.82) is 0 Å². The van der Waals surface area contributed by atoms with E-state index in [9.17, 15) is 9.50 Å². The van der Waals surface area contributed by atoms with E-state index in [4.69, 9.17) is 0 Å². The van der Waals surface area contributed by atoms with Gasteiger partial charge in [-0.3, -0.25) is 0 Å². The molecule has 3 rings (SSSR count). The maximum Gasteiger partial charge on any atom is 0.126 e. The van der Waals surface area contributed by atoms with Crippen LogP contribution in [0.2, 0.25) is 0 Å². The zero-order valence-corrected chi connectivity index (χ0v) is 10.8. The van der Waals surface area contributed by atoms with E-state index in [2.05, 4.69) is 5.32 Å². The van der Waals surface area contributed by atoms with Crippen molar-refractivity contribution < 1.29 is 9.50 Å². The number of hydrogen-bond acceptors (Lipinski definition) is 2. The summed E-state index contributed by atoms with van der Waals surface area (Å²) >= 11 is 0. The molecule has 19 heavy (non-hydrogen) atoms. The molecule has 2 nitrogen and oxygen atoms in total. The zero-order chi connectivity index (χ0) is 13.4. The van der Waals surface area contributed by atoms with Crippen molar-refractivity contribution in [3.8, 4) is 5.75 Å². The maximum atomic E-state index is 13.2. The van der Waals surface area contributed by atoms with Crippen LogP contribution in [0.15, 0.2) is 36.4 Å². The first-order valence-electron chi connectivity index (χ1n) is 6.48. The molecule has 0 saturated carbocycles. The van der Waals surface area contributed by atoms with Crippen LogP contribution in [-0.4, -0.2) is 5.11 Å². The average molecular weight is 257 g/mol. The van der Waals surface area contributed by atoms with Gasteiger partial charge in [-0.05, 0) is 66.8 Å². The number of halogens is 1. The molecule has 0 bridgehead atoms. The monoisotopic (exact) mass is 257 g/mol. The molecule has 0 amide bonds. The number of phenolic OH excluding ortho intramolecular Hbond substituents is 1. The Hall–Kier alpha value is -2.03. The molecule has 3 heteroatoms. The summed E-state index contributed by atoms with van der Waals surface area (Å²) in [5, 5.41) is 12.9. The molecule has 1 aliphatic rings. The van der Waals surface area contributed by atoms with Crippen molar-refractivity contribution in [2.75, 3.05) is 5.32 Å². The highest BCUT2D eigenvalue weighted by Crippen LogP contribution is 2.35. The molecule has 98 valence electrons. The number of rotatable bonds is 2. The highest BCUT2D eigenvalue weighted by atomic mass is 19.1. The fourth-order valence-electron chi connectivity index (χ4n) is 2.69. The molecule has 0 fully saturated rings. The minimum Gasteiger partial charge on any atom is -0.508 e. The fourth-order valence-corrected chi connectivity index (χ4v) is 2.69. The van der Waals surface area contributed by atoms with Gasteiger partial charge in [-0.1, -0.05) is 6.07 Å². The van der Waals surface area contributed by atoms with Gasteiger partial charge in [0.05, 0.1) is 6.04 Å². The standard InChI is InChI=1S/C16H16FNO/c1-10-8-12(3-6-15(10)17)18-16-7-2-11-9-13(19)4-5-14(11)16/h3-6,8-9,16,18-19H,2,7H2,1H3. The van der Waals surface area contributed by atoms with Crippen LogP contribution < -0.4 is 5.32 Å². The first-order chi connectivity index (χ1) is 9.13. The minimum absolute atomic E-state index is 0.178. The molecule has 2 aromatic rings. The van der Waals surface area contributed by atoms with E-state index >= 15 is 0 Å². The Labute approximate surface area is 111 Å². The fraction of sp³-hybridized carbons (Fsp3) is 0.250. The van der Waals surface area contributed by atoms with Gasteiger partial charge in [0.1, 0.15) is 11.6 Å². The van der Waals surface area contributed by atoms with E-state index < -0.39 is 0 Å². The van der Waals surface area contributed by atoms with E-state index in [-0.39, 0.29) is 11.9 Å². The van der Waals surface area contributed by atoms with Crippen LogP contribution in [0.4, 0.5) is 10.1 Å². The molecule has 2 N–H and O–H groups in total. The molecule has 0 heterocycles. The second-order valence-electron chi connectivity index (χ2n) is 5.08. The van der Waals surface area contributed by atoms with Crippen LogP contribution in [0.5, 0.6) is 5.75 Å². The lowest BCUT2D eigenvalue weighted by molar-refractivity contribution is 0.474.